The molecule has 0 aliphatic heterocycles. The van der Waals surface area contributed by atoms with Crippen molar-refractivity contribution < 1.29 is 37.3 Å². The van der Waals surface area contributed by atoms with Crippen LogP contribution in [-0.2, 0) is 27.9 Å². The first-order valence-electron chi connectivity index (χ1n) is 34.6. The number of ether oxygens (including phenoxy) is 1. The molecule has 1 N–H and O–H groups in total. The molecular weight excluding hydrogens is 1020 g/mol. The van der Waals surface area contributed by atoms with E-state index in [9.17, 15) is 19.0 Å². The predicted molar refractivity (Wildman–Crippen MR) is 349 cm³/mol. The lowest BCUT2D eigenvalue weighted by Gasteiger charge is -2.30. The highest BCUT2D eigenvalue weighted by molar-refractivity contribution is 7.45. The number of carbonyl (C=O) groups is 2. The third kappa shape index (κ3) is 62.1. The second-order valence-electron chi connectivity index (χ2n) is 24.7. The number of hydrogen-bond acceptors (Lipinski definition) is 7. The summed E-state index contributed by atoms with van der Waals surface area (Å²) in [5.74, 6) is -0.556. The molecule has 3 unspecified atom stereocenters. The maximum Gasteiger partial charge on any atom is 0.306 e. The van der Waals surface area contributed by atoms with Crippen molar-refractivity contribution in [3.63, 3.8) is 0 Å². The number of unbranched alkanes of at least 4 members (excludes halogenated alkanes) is 39. The molecular formula is C71H133N2O7P. The van der Waals surface area contributed by atoms with Crippen molar-refractivity contribution in [3.8, 4) is 0 Å². The van der Waals surface area contributed by atoms with Crippen LogP contribution in [0.3, 0.4) is 0 Å². The fourth-order valence-corrected chi connectivity index (χ4v) is 10.8. The van der Waals surface area contributed by atoms with Gasteiger partial charge in [-0.1, -0.05) is 281 Å². The standard InChI is InChI=1S/C71H133N2O7P/c1-7-10-13-16-19-22-25-27-29-31-32-33-34-35-36-37-38-39-40-42-43-45-48-51-54-57-60-63-70(74)72-68(67-79-81(76,77)78-66-65-73(4,5)6)69(62-59-56-53-50-47-24-21-18-15-12-9-3)80-71(75)64-61-58-55-52-49-46-44-41-30-28-26-23-20-17-14-11-8-2/h20,23,27-30,44,46,59,62,68-69H,7-19,21-22,24-26,31-43,45,47-58,60-61,63-67H2,1-6H3,(H-,72,74,76,77)/b23-20-,29-27+,30-28-,46-44-,62-59-. The quantitative estimate of drug-likeness (QED) is 0.0212. The molecule has 81 heavy (non-hydrogen) atoms. The molecule has 10 heteroatoms. The molecule has 9 nitrogen and oxygen atoms in total. The zero-order valence-corrected chi connectivity index (χ0v) is 55.1. The van der Waals surface area contributed by atoms with Gasteiger partial charge in [0.15, 0.2) is 0 Å². The van der Waals surface area contributed by atoms with Crippen molar-refractivity contribution in [2.24, 2.45) is 0 Å². The van der Waals surface area contributed by atoms with Crippen molar-refractivity contribution in [2.75, 3.05) is 40.9 Å². The summed E-state index contributed by atoms with van der Waals surface area (Å²) < 4.78 is 30.4. The summed E-state index contributed by atoms with van der Waals surface area (Å²) >= 11 is 0. The molecule has 3 atom stereocenters. The lowest BCUT2D eigenvalue weighted by atomic mass is 10.0. The average Bonchev–Trinajstić information content (AvgIpc) is 3.43. The minimum Gasteiger partial charge on any atom is -0.756 e. The normalized spacial score (nSPS) is 13.9. The van der Waals surface area contributed by atoms with Gasteiger partial charge in [-0.3, -0.25) is 14.2 Å². The second-order valence-corrected chi connectivity index (χ2v) is 26.1. The number of hydrogen-bond donors (Lipinski definition) is 1. The van der Waals surface area contributed by atoms with Gasteiger partial charge in [-0.15, -0.1) is 0 Å². The summed E-state index contributed by atoms with van der Waals surface area (Å²) in [6.07, 6.45) is 77.8. The van der Waals surface area contributed by atoms with E-state index in [0.717, 1.165) is 77.0 Å². The molecule has 0 aliphatic rings. The molecule has 0 aromatic heterocycles. The van der Waals surface area contributed by atoms with Crippen LogP contribution in [0.25, 0.3) is 0 Å². The van der Waals surface area contributed by atoms with Crippen LogP contribution in [0.5, 0.6) is 0 Å². The molecule has 0 radical (unpaired) electrons. The van der Waals surface area contributed by atoms with E-state index in [-0.39, 0.29) is 24.9 Å². The van der Waals surface area contributed by atoms with Crippen LogP contribution >= 0.6 is 7.82 Å². The monoisotopic (exact) mass is 1160 g/mol. The first-order chi connectivity index (χ1) is 39.4. The zero-order chi connectivity index (χ0) is 59.3. The van der Waals surface area contributed by atoms with E-state index in [1.165, 1.54) is 212 Å². The number of nitrogens with one attached hydrogen (secondary N) is 1. The number of quaternary nitrogens is 1. The molecule has 0 aliphatic carbocycles. The first kappa shape index (κ1) is 78.7. The molecule has 0 spiro atoms. The number of rotatable bonds is 63. The number of phosphoric ester groups is 1. The van der Waals surface area contributed by atoms with Crippen LogP contribution < -0.4 is 10.2 Å². The Labute approximate surface area is 502 Å². The maximum absolute atomic E-state index is 13.6. The predicted octanol–water partition coefficient (Wildman–Crippen LogP) is 21.2. The molecule has 1 amide bonds. The molecule has 0 bridgehead atoms. The number of likely N-dealkylation sites (N-methyl/N-ethyl adjacent to an activating group) is 1. The second kappa shape index (κ2) is 60.8. The van der Waals surface area contributed by atoms with Gasteiger partial charge in [0.05, 0.1) is 33.8 Å². The fourth-order valence-electron chi connectivity index (χ4n) is 10.1. The van der Waals surface area contributed by atoms with E-state index < -0.39 is 26.6 Å². The van der Waals surface area contributed by atoms with Gasteiger partial charge >= 0.3 is 5.97 Å². The van der Waals surface area contributed by atoms with Gasteiger partial charge in [0, 0.05) is 12.8 Å². The number of phosphoric acid groups is 1. The molecule has 0 saturated heterocycles. The van der Waals surface area contributed by atoms with Crippen molar-refractivity contribution in [1.82, 2.24) is 5.32 Å². The number of allylic oxidation sites excluding steroid dienone is 9. The third-order valence-electron chi connectivity index (χ3n) is 15.4. The van der Waals surface area contributed by atoms with E-state index in [1.54, 1.807) is 0 Å². The van der Waals surface area contributed by atoms with Crippen LogP contribution in [0, 0.1) is 0 Å². The van der Waals surface area contributed by atoms with E-state index >= 15 is 0 Å². The van der Waals surface area contributed by atoms with Crippen LogP contribution in [0.1, 0.15) is 329 Å². The molecule has 0 rings (SSSR count). The summed E-state index contributed by atoms with van der Waals surface area (Å²) in [5, 5.41) is 3.03. The minimum absolute atomic E-state index is 0.0260. The fraction of sp³-hybridized carbons (Fsp3) is 0.831. The summed E-state index contributed by atoms with van der Waals surface area (Å²) in [7, 11) is 1.18. The molecule has 474 valence electrons. The van der Waals surface area contributed by atoms with E-state index in [2.05, 4.69) is 74.7 Å². The Balaban J connectivity index is 5.00. The van der Waals surface area contributed by atoms with Gasteiger partial charge in [-0.2, -0.15) is 0 Å². The Morgan fingerprint density at radius 1 is 0.432 bits per heavy atom. The highest BCUT2D eigenvalue weighted by Gasteiger charge is 2.27. The largest absolute Gasteiger partial charge is 0.756 e. The van der Waals surface area contributed by atoms with Gasteiger partial charge in [0.25, 0.3) is 7.82 Å². The first-order valence-corrected chi connectivity index (χ1v) is 36.1. The molecule has 0 fully saturated rings. The van der Waals surface area contributed by atoms with Crippen molar-refractivity contribution in [3.05, 3.63) is 60.8 Å². The lowest BCUT2D eigenvalue weighted by molar-refractivity contribution is -0.870. The highest BCUT2D eigenvalue weighted by atomic mass is 31.2. The number of esters is 1. The highest BCUT2D eigenvalue weighted by Crippen LogP contribution is 2.38. The average molecular weight is 1160 g/mol. The van der Waals surface area contributed by atoms with E-state index in [0.29, 0.717) is 23.9 Å². The molecule has 0 aromatic carbocycles. The SMILES string of the molecule is CCCCC/C=C\C/C=C\C/C=C\CCCCCCC(=O)OC(/C=C\CCCCCCCCCCC)C(COP(=O)([O-])OCC[N+](C)(C)C)NC(=O)CCCCCCCCCCCCCCCCCCC/C=C/CCCCCCCC. The van der Waals surface area contributed by atoms with Crippen LogP contribution in [0.15, 0.2) is 60.8 Å². The summed E-state index contributed by atoms with van der Waals surface area (Å²) in [5.41, 5.74) is 0. The van der Waals surface area contributed by atoms with Gasteiger partial charge in [0.2, 0.25) is 5.91 Å². The van der Waals surface area contributed by atoms with Gasteiger partial charge < -0.3 is 28.5 Å². The minimum atomic E-state index is -4.71. The summed E-state index contributed by atoms with van der Waals surface area (Å²) in [6.45, 7) is 6.82. The van der Waals surface area contributed by atoms with Crippen LogP contribution in [0.4, 0.5) is 0 Å². The molecule has 0 saturated carbocycles. The van der Waals surface area contributed by atoms with E-state index in [1.807, 2.05) is 33.3 Å². The summed E-state index contributed by atoms with van der Waals surface area (Å²) in [6, 6.07) is -0.897. The Morgan fingerprint density at radius 2 is 0.753 bits per heavy atom. The smallest absolute Gasteiger partial charge is 0.306 e. The van der Waals surface area contributed by atoms with Gasteiger partial charge in [0.1, 0.15) is 19.3 Å². The lowest BCUT2D eigenvalue weighted by Crippen LogP contribution is -2.47. The van der Waals surface area contributed by atoms with Crippen LogP contribution in [-0.4, -0.2) is 69.4 Å². The zero-order valence-electron chi connectivity index (χ0n) is 54.2. The molecule has 0 heterocycles. The van der Waals surface area contributed by atoms with Crippen LogP contribution in [0.2, 0.25) is 0 Å². The number of amides is 1. The summed E-state index contributed by atoms with van der Waals surface area (Å²) in [4.78, 5) is 40.1. The Bertz CT molecular complexity index is 1570. The topological polar surface area (TPSA) is 114 Å². The van der Waals surface area contributed by atoms with Crippen molar-refractivity contribution in [2.45, 2.75) is 341 Å². The maximum atomic E-state index is 13.6. The van der Waals surface area contributed by atoms with Crippen molar-refractivity contribution >= 4 is 19.7 Å². The Hall–Kier alpha value is -2.29. The Morgan fingerprint density at radius 3 is 1.16 bits per heavy atom. The van der Waals surface area contributed by atoms with Crippen molar-refractivity contribution in [1.29, 1.82) is 0 Å². The van der Waals surface area contributed by atoms with Gasteiger partial charge in [-0.05, 0) is 96.0 Å². The molecule has 0 aromatic rings. The number of carbonyl (C=O) groups excluding carboxylic acids is 2. The Kier molecular flexibility index (Phi) is 59.1. The van der Waals surface area contributed by atoms with E-state index in [4.69, 9.17) is 13.8 Å². The third-order valence-corrected chi connectivity index (χ3v) is 16.4. The van der Waals surface area contributed by atoms with Gasteiger partial charge in [-0.25, -0.2) is 0 Å². The number of nitrogens with zero attached hydrogens (tertiary/aromatic N) is 1.